The second-order valence-electron chi connectivity index (χ2n) is 4.81. The van der Waals surface area contributed by atoms with Crippen molar-refractivity contribution in [1.82, 2.24) is 0 Å². The molecule has 1 saturated carbocycles. The molecular formula is C13H17N3O3S. The quantitative estimate of drug-likeness (QED) is 0.642. The van der Waals surface area contributed by atoms with Crippen molar-refractivity contribution in [1.29, 1.82) is 0 Å². The molecule has 6 nitrogen and oxygen atoms in total. The Hall–Kier alpha value is -1.76. The highest BCUT2D eigenvalue weighted by atomic mass is 32.2. The molecule has 7 heteroatoms. The first-order valence-electron chi connectivity index (χ1n) is 6.40. The van der Waals surface area contributed by atoms with E-state index in [1.165, 1.54) is 12.1 Å². The van der Waals surface area contributed by atoms with Crippen LogP contribution in [0.25, 0.3) is 0 Å². The predicted octanol–water partition coefficient (Wildman–Crippen LogP) is 2.39. The van der Waals surface area contributed by atoms with E-state index in [1.54, 1.807) is 17.8 Å². The van der Waals surface area contributed by atoms with Gasteiger partial charge in [0.05, 0.1) is 4.92 Å². The van der Waals surface area contributed by atoms with Crippen molar-refractivity contribution in [3.05, 3.63) is 33.9 Å². The van der Waals surface area contributed by atoms with Gasteiger partial charge < -0.3 is 11.1 Å². The minimum absolute atomic E-state index is 0.104. The minimum atomic E-state index is -0.664. The van der Waals surface area contributed by atoms with E-state index in [9.17, 15) is 14.9 Å². The number of primary amides is 1. The molecule has 1 aliphatic carbocycles. The van der Waals surface area contributed by atoms with Crippen molar-refractivity contribution < 1.29 is 9.72 Å². The van der Waals surface area contributed by atoms with Gasteiger partial charge in [-0.25, -0.2) is 0 Å². The molecule has 2 rings (SSSR count). The van der Waals surface area contributed by atoms with Gasteiger partial charge in [0.2, 0.25) is 5.91 Å². The Balaban J connectivity index is 2.27. The summed E-state index contributed by atoms with van der Waals surface area (Å²) in [5, 5.41) is 14.8. The molecule has 20 heavy (non-hydrogen) atoms. The third-order valence-corrected chi connectivity index (χ3v) is 4.74. The zero-order valence-electron chi connectivity index (χ0n) is 11.2. The van der Waals surface area contributed by atoms with Crippen molar-refractivity contribution in [2.24, 2.45) is 5.73 Å². The highest BCUT2D eigenvalue weighted by Crippen LogP contribution is 2.33. The van der Waals surface area contributed by atoms with Gasteiger partial charge in [0.25, 0.3) is 5.69 Å². The first-order valence-corrected chi connectivity index (χ1v) is 7.69. The molecule has 1 amide bonds. The van der Waals surface area contributed by atoms with Gasteiger partial charge >= 0.3 is 0 Å². The molecular weight excluding hydrogens is 278 g/mol. The van der Waals surface area contributed by atoms with E-state index in [0.717, 1.165) is 19.3 Å². The van der Waals surface area contributed by atoms with Crippen LogP contribution in [0.3, 0.4) is 0 Å². The molecule has 1 fully saturated rings. The number of thioether (sulfide) groups is 1. The molecule has 3 N–H and O–H groups in total. The monoisotopic (exact) mass is 295 g/mol. The molecule has 0 saturated heterocycles. The van der Waals surface area contributed by atoms with Crippen molar-refractivity contribution >= 4 is 29.0 Å². The van der Waals surface area contributed by atoms with Gasteiger partial charge in [0.1, 0.15) is 5.69 Å². The number of carbonyl (C=O) groups is 1. The van der Waals surface area contributed by atoms with E-state index >= 15 is 0 Å². The predicted molar refractivity (Wildman–Crippen MR) is 80.2 cm³/mol. The summed E-state index contributed by atoms with van der Waals surface area (Å²) in [6, 6.07) is 4.53. The molecule has 0 heterocycles. The number of nitro groups is 1. The van der Waals surface area contributed by atoms with E-state index in [0.29, 0.717) is 10.9 Å². The van der Waals surface area contributed by atoms with Crippen LogP contribution >= 0.6 is 11.8 Å². The van der Waals surface area contributed by atoms with Crippen LogP contribution in [0.2, 0.25) is 0 Å². The van der Waals surface area contributed by atoms with Crippen LogP contribution in [-0.2, 0) is 0 Å². The lowest BCUT2D eigenvalue weighted by Crippen LogP contribution is -2.26. The average molecular weight is 295 g/mol. The largest absolute Gasteiger partial charge is 0.376 e. The van der Waals surface area contributed by atoms with Crippen LogP contribution < -0.4 is 11.1 Å². The van der Waals surface area contributed by atoms with E-state index in [1.807, 2.05) is 0 Å². The normalized spacial score (nSPS) is 21.6. The number of amides is 1. The zero-order valence-corrected chi connectivity index (χ0v) is 12.0. The average Bonchev–Trinajstić information content (AvgIpc) is 2.85. The molecule has 2 unspecified atom stereocenters. The van der Waals surface area contributed by atoms with Crippen molar-refractivity contribution in [2.75, 3.05) is 11.6 Å². The SMILES string of the molecule is CSC1CCCC1Nc1ccc(C(N)=O)cc1[N+](=O)[O-]. The third kappa shape index (κ3) is 3.04. The Morgan fingerprint density at radius 3 is 2.85 bits per heavy atom. The van der Waals surface area contributed by atoms with Crippen molar-refractivity contribution in [2.45, 2.75) is 30.6 Å². The van der Waals surface area contributed by atoms with Gasteiger partial charge in [-0.05, 0) is 31.2 Å². The summed E-state index contributed by atoms with van der Waals surface area (Å²) in [4.78, 5) is 21.7. The highest BCUT2D eigenvalue weighted by molar-refractivity contribution is 7.99. The fourth-order valence-electron chi connectivity index (χ4n) is 2.53. The lowest BCUT2D eigenvalue weighted by atomic mass is 10.1. The smallest absolute Gasteiger partial charge is 0.293 e. The molecule has 0 spiro atoms. The molecule has 1 aromatic carbocycles. The lowest BCUT2D eigenvalue weighted by Gasteiger charge is -2.20. The van der Waals surface area contributed by atoms with Crippen LogP contribution in [0.4, 0.5) is 11.4 Å². The van der Waals surface area contributed by atoms with Crippen molar-refractivity contribution in [3.63, 3.8) is 0 Å². The Labute approximate surface area is 121 Å². The molecule has 0 aliphatic heterocycles. The maximum absolute atomic E-state index is 11.1. The van der Waals surface area contributed by atoms with Crippen molar-refractivity contribution in [3.8, 4) is 0 Å². The van der Waals surface area contributed by atoms with Crippen LogP contribution in [0.5, 0.6) is 0 Å². The summed E-state index contributed by atoms with van der Waals surface area (Å²) in [6.07, 6.45) is 5.29. The maximum Gasteiger partial charge on any atom is 0.293 e. The minimum Gasteiger partial charge on any atom is -0.376 e. The fraction of sp³-hybridized carbons (Fsp3) is 0.462. The Morgan fingerprint density at radius 2 is 2.25 bits per heavy atom. The molecule has 0 radical (unpaired) electrons. The zero-order chi connectivity index (χ0) is 14.7. The number of carbonyl (C=O) groups excluding carboxylic acids is 1. The van der Waals surface area contributed by atoms with Crippen LogP contribution in [0, 0.1) is 10.1 Å². The number of nitro benzene ring substituents is 1. The summed E-state index contributed by atoms with van der Waals surface area (Å²) < 4.78 is 0. The Bertz CT molecular complexity index is 536. The Morgan fingerprint density at radius 1 is 1.50 bits per heavy atom. The number of rotatable bonds is 5. The van der Waals surface area contributed by atoms with E-state index < -0.39 is 10.8 Å². The summed E-state index contributed by atoms with van der Waals surface area (Å²) in [7, 11) is 0. The summed E-state index contributed by atoms with van der Waals surface area (Å²) in [5.41, 5.74) is 5.65. The number of anilines is 1. The van der Waals surface area contributed by atoms with Gasteiger partial charge in [0.15, 0.2) is 0 Å². The molecule has 108 valence electrons. The number of nitrogens with two attached hydrogens (primary N) is 1. The summed E-state index contributed by atoms with van der Waals surface area (Å²) in [6.45, 7) is 0. The van der Waals surface area contributed by atoms with E-state index in [2.05, 4.69) is 11.6 Å². The van der Waals surface area contributed by atoms with Gasteiger partial charge in [-0.3, -0.25) is 14.9 Å². The topological polar surface area (TPSA) is 98.3 Å². The second-order valence-corrected chi connectivity index (χ2v) is 5.89. The lowest BCUT2D eigenvalue weighted by molar-refractivity contribution is -0.384. The van der Waals surface area contributed by atoms with Crippen LogP contribution in [-0.4, -0.2) is 28.4 Å². The van der Waals surface area contributed by atoms with Crippen LogP contribution in [0.1, 0.15) is 29.6 Å². The summed E-state index contributed by atoms with van der Waals surface area (Å²) in [5.74, 6) is -0.664. The molecule has 2 atom stereocenters. The number of nitrogens with one attached hydrogen (secondary N) is 1. The number of hydrogen-bond donors (Lipinski definition) is 2. The van der Waals surface area contributed by atoms with E-state index in [4.69, 9.17) is 5.73 Å². The van der Waals surface area contributed by atoms with Gasteiger partial charge in [-0.2, -0.15) is 11.8 Å². The van der Waals surface area contributed by atoms with Gasteiger partial charge in [-0.1, -0.05) is 6.42 Å². The second kappa shape index (κ2) is 6.13. The van der Waals surface area contributed by atoms with E-state index in [-0.39, 0.29) is 17.3 Å². The maximum atomic E-state index is 11.1. The molecule has 0 bridgehead atoms. The first-order chi connectivity index (χ1) is 9.52. The first kappa shape index (κ1) is 14.6. The molecule has 1 aromatic rings. The summed E-state index contributed by atoms with van der Waals surface area (Å²) >= 11 is 1.78. The van der Waals surface area contributed by atoms with Crippen LogP contribution in [0.15, 0.2) is 18.2 Å². The standard InChI is InChI=1S/C13H17N3O3S/c1-20-12-4-2-3-10(12)15-9-6-5-8(13(14)17)7-11(9)16(18)19/h5-7,10,12,15H,2-4H2,1H3,(H2,14,17). The highest BCUT2D eigenvalue weighted by Gasteiger charge is 2.28. The number of benzene rings is 1. The third-order valence-electron chi connectivity index (χ3n) is 3.58. The number of hydrogen-bond acceptors (Lipinski definition) is 5. The number of nitrogens with zero attached hydrogens (tertiary/aromatic N) is 1. The van der Waals surface area contributed by atoms with Gasteiger partial charge in [0, 0.05) is 22.9 Å². The molecule has 0 aromatic heterocycles. The van der Waals surface area contributed by atoms with Gasteiger partial charge in [-0.15, -0.1) is 0 Å². The fourth-order valence-corrected chi connectivity index (χ4v) is 3.47. The molecule has 1 aliphatic rings. The Kier molecular flexibility index (Phi) is 4.49.